The molecule has 1 aliphatic heterocycles. The first-order chi connectivity index (χ1) is 9.67. The number of nitrogens with zero attached hydrogens (tertiary/aromatic N) is 4. The van der Waals surface area contributed by atoms with Gasteiger partial charge in [0.15, 0.2) is 17.7 Å². The third-order valence-corrected chi connectivity index (χ3v) is 3.57. The Bertz CT molecular complexity index is 618. The second kappa shape index (κ2) is 4.94. The first-order valence-electron chi connectivity index (χ1n) is 6.15. The van der Waals surface area contributed by atoms with Crippen LogP contribution in [0.3, 0.4) is 0 Å². The summed E-state index contributed by atoms with van der Waals surface area (Å²) in [5.74, 6) is -0.333. The van der Waals surface area contributed by atoms with E-state index in [4.69, 9.17) is 10.5 Å². The van der Waals surface area contributed by atoms with Gasteiger partial charge < -0.3 is 25.8 Å². The Labute approximate surface area is 113 Å². The molecule has 1 saturated heterocycles. The maximum Gasteiger partial charge on any atom is 0.167 e. The summed E-state index contributed by atoms with van der Waals surface area (Å²) in [5.41, 5.74) is 6.54. The van der Waals surface area contributed by atoms with Gasteiger partial charge in [-0.2, -0.15) is 0 Å². The number of rotatable bonds is 3. The number of anilines is 1. The Morgan fingerprint density at radius 1 is 1.25 bits per heavy atom. The number of nitrogens with two attached hydrogens (primary N) is 1. The Morgan fingerprint density at radius 2 is 2.05 bits per heavy atom. The molecule has 0 amide bonds. The summed E-state index contributed by atoms with van der Waals surface area (Å²) in [6.07, 6.45) is 0.327. The van der Waals surface area contributed by atoms with Gasteiger partial charge in [-0.3, -0.25) is 4.57 Å². The van der Waals surface area contributed by atoms with Crippen molar-refractivity contribution in [1.29, 1.82) is 0 Å². The fourth-order valence-corrected chi connectivity index (χ4v) is 2.48. The highest BCUT2D eigenvalue weighted by Gasteiger charge is 2.44. The number of nitrogen functional groups attached to an aromatic ring is 1. The second-order valence-corrected chi connectivity index (χ2v) is 4.67. The van der Waals surface area contributed by atoms with E-state index in [-0.39, 0.29) is 19.0 Å². The van der Waals surface area contributed by atoms with Crippen LogP contribution < -0.4 is 5.73 Å². The van der Waals surface area contributed by atoms with Crippen molar-refractivity contribution in [3.8, 4) is 0 Å². The van der Waals surface area contributed by atoms with Crippen LogP contribution in [0.2, 0.25) is 0 Å². The fraction of sp³-hybridized carbons (Fsp3) is 0.545. The minimum Gasteiger partial charge on any atom is -0.396 e. The summed E-state index contributed by atoms with van der Waals surface area (Å²) < 4.78 is 7.10. The van der Waals surface area contributed by atoms with Crippen molar-refractivity contribution < 1.29 is 20.1 Å². The second-order valence-electron chi connectivity index (χ2n) is 4.67. The van der Waals surface area contributed by atoms with Crippen molar-refractivity contribution in [3.05, 3.63) is 12.7 Å². The zero-order valence-electron chi connectivity index (χ0n) is 10.5. The van der Waals surface area contributed by atoms with Crippen LogP contribution in [-0.4, -0.2) is 60.3 Å². The van der Waals surface area contributed by atoms with Gasteiger partial charge in [-0.25, -0.2) is 15.0 Å². The van der Waals surface area contributed by atoms with Crippen molar-refractivity contribution in [2.75, 3.05) is 18.9 Å². The summed E-state index contributed by atoms with van der Waals surface area (Å²) in [7, 11) is 0. The van der Waals surface area contributed by atoms with Crippen LogP contribution in [0, 0.1) is 5.92 Å². The van der Waals surface area contributed by atoms with Crippen molar-refractivity contribution >= 4 is 17.0 Å². The Kier molecular flexibility index (Phi) is 3.26. The molecule has 0 bridgehead atoms. The third-order valence-electron chi connectivity index (χ3n) is 3.57. The maximum atomic E-state index is 10.2. The molecule has 20 heavy (non-hydrogen) atoms. The minimum atomic E-state index is -0.981. The molecular weight excluding hydrogens is 266 g/mol. The number of aliphatic hydroxyl groups is 3. The largest absolute Gasteiger partial charge is 0.396 e. The number of aromatic nitrogens is 4. The molecule has 5 N–H and O–H groups in total. The van der Waals surface area contributed by atoms with Crippen molar-refractivity contribution in [3.63, 3.8) is 0 Å². The lowest BCUT2D eigenvalue weighted by molar-refractivity contribution is -0.0496. The van der Waals surface area contributed by atoms with E-state index in [9.17, 15) is 15.3 Å². The van der Waals surface area contributed by atoms with E-state index in [0.29, 0.717) is 11.2 Å². The van der Waals surface area contributed by atoms with Gasteiger partial charge in [0.2, 0.25) is 0 Å². The van der Waals surface area contributed by atoms with Gasteiger partial charge >= 0.3 is 0 Å². The molecule has 3 heterocycles. The number of fused-ring (bicyclic) bond motifs is 1. The highest BCUT2D eigenvalue weighted by atomic mass is 16.5. The highest BCUT2D eigenvalue weighted by Crippen LogP contribution is 2.35. The molecule has 9 nitrogen and oxygen atoms in total. The van der Waals surface area contributed by atoms with E-state index < -0.39 is 24.4 Å². The molecule has 0 aliphatic carbocycles. The number of hydrogen-bond donors (Lipinski definition) is 4. The molecule has 4 atom stereocenters. The van der Waals surface area contributed by atoms with E-state index in [1.165, 1.54) is 17.2 Å². The monoisotopic (exact) mass is 281 g/mol. The molecular formula is C11H15N5O4. The topological polar surface area (TPSA) is 140 Å². The predicted octanol–water partition coefficient (Wildman–Crippen LogP) is -1.73. The van der Waals surface area contributed by atoms with E-state index in [1.807, 2.05) is 0 Å². The number of imidazole rings is 1. The molecule has 0 saturated carbocycles. The van der Waals surface area contributed by atoms with Gasteiger partial charge in [0.1, 0.15) is 17.9 Å². The Morgan fingerprint density at radius 3 is 2.70 bits per heavy atom. The van der Waals surface area contributed by atoms with Crippen LogP contribution in [0.5, 0.6) is 0 Å². The summed E-state index contributed by atoms with van der Waals surface area (Å²) in [4.78, 5) is 12.0. The lowest BCUT2D eigenvalue weighted by Gasteiger charge is -2.17. The number of aliphatic hydroxyl groups excluding tert-OH is 3. The zero-order chi connectivity index (χ0) is 14.3. The first-order valence-corrected chi connectivity index (χ1v) is 6.15. The SMILES string of the molecule is Nc1ncnc2c1ncn2[C@@H]1O[C@H](CO)C(CO)[C@@H]1O. The van der Waals surface area contributed by atoms with Crippen LogP contribution in [0.25, 0.3) is 11.2 Å². The summed E-state index contributed by atoms with van der Waals surface area (Å²) in [6.45, 7) is -0.574. The molecule has 9 heteroatoms. The molecule has 108 valence electrons. The Balaban J connectivity index is 2.01. The van der Waals surface area contributed by atoms with E-state index in [2.05, 4.69) is 15.0 Å². The molecule has 2 aromatic heterocycles. The first kappa shape index (κ1) is 13.2. The molecule has 3 rings (SSSR count). The summed E-state index contributed by atoms with van der Waals surface area (Å²) in [5, 5.41) is 28.8. The average molecular weight is 281 g/mol. The fourth-order valence-electron chi connectivity index (χ4n) is 2.48. The molecule has 2 aromatic rings. The summed E-state index contributed by atoms with van der Waals surface area (Å²) >= 11 is 0. The van der Waals surface area contributed by atoms with Crippen molar-refractivity contribution in [2.24, 2.45) is 5.92 Å². The van der Waals surface area contributed by atoms with Crippen LogP contribution in [0.4, 0.5) is 5.82 Å². The molecule has 1 fully saturated rings. The molecule has 0 radical (unpaired) electrons. The average Bonchev–Trinajstić information content (AvgIpc) is 3.00. The third kappa shape index (κ3) is 1.83. The van der Waals surface area contributed by atoms with Gasteiger partial charge in [0, 0.05) is 5.92 Å². The van der Waals surface area contributed by atoms with E-state index in [1.54, 1.807) is 0 Å². The lowest BCUT2D eigenvalue weighted by atomic mass is 9.99. The summed E-state index contributed by atoms with van der Waals surface area (Å²) in [6, 6.07) is 0. The van der Waals surface area contributed by atoms with Crippen molar-refractivity contribution in [2.45, 2.75) is 18.4 Å². The zero-order valence-corrected chi connectivity index (χ0v) is 10.5. The normalized spacial score (nSPS) is 30.1. The molecule has 1 unspecified atom stereocenters. The Hall–Kier alpha value is -1.81. The standard InChI is InChI=1S/C11H15N5O4/c12-9-7-10(14-3-13-9)16(4-15-7)11-8(19)5(1-17)6(2-18)20-11/h3-6,8,11,17-19H,1-2H2,(H2,12,13,14)/t5?,6-,8+,11-/m1/s1. The van der Waals surface area contributed by atoms with Crippen LogP contribution in [-0.2, 0) is 4.74 Å². The molecule has 0 spiro atoms. The number of hydrogen-bond acceptors (Lipinski definition) is 8. The van der Waals surface area contributed by atoms with Crippen LogP contribution in [0.1, 0.15) is 6.23 Å². The lowest BCUT2D eigenvalue weighted by Crippen LogP contribution is -2.30. The van der Waals surface area contributed by atoms with Gasteiger partial charge in [-0.1, -0.05) is 0 Å². The minimum absolute atomic E-state index is 0.235. The highest BCUT2D eigenvalue weighted by molar-refractivity contribution is 5.81. The van der Waals surface area contributed by atoms with Crippen LogP contribution in [0.15, 0.2) is 12.7 Å². The van der Waals surface area contributed by atoms with Gasteiger partial charge in [-0.15, -0.1) is 0 Å². The number of ether oxygens (including phenoxy) is 1. The molecule has 0 aromatic carbocycles. The van der Waals surface area contributed by atoms with Crippen LogP contribution >= 0.6 is 0 Å². The maximum absolute atomic E-state index is 10.2. The van der Waals surface area contributed by atoms with Gasteiger partial charge in [-0.05, 0) is 0 Å². The van der Waals surface area contributed by atoms with E-state index >= 15 is 0 Å². The smallest absolute Gasteiger partial charge is 0.167 e. The van der Waals surface area contributed by atoms with E-state index in [0.717, 1.165) is 0 Å². The van der Waals surface area contributed by atoms with Crippen molar-refractivity contribution in [1.82, 2.24) is 19.5 Å². The van der Waals surface area contributed by atoms with Gasteiger partial charge in [0.05, 0.1) is 25.6 Å². The molecule has 1 aliphatic rings. The quantitative estimate of drug-likeness (QED) is 0.520. The predicted molar refractivity (Wildman–Crippen MR) is 67.3 cm³/mol. The van der Waals surface area contributed by atoms with Gasteiger partial charge in [0.25, 0.3) is 0 Å².